The molecule has 4 aliphatic rings. The summed E-state index contributed by atoms with van der Waals surface area (Å²) in [5.74, 6) is 1.79. The van der Waals surface area contributed by atoms with Crippen LogP contribution in [0.15, 0.2) is 36.4 Å². The second-order valence-electron chi connectivity index (χ2n) is 12.9. The third-order valence-corrected chi connectivity index (χ3v) is 12.5. The maximum Gasteiger partial charge on any atom is 0.265 e. The van der Waals surface area contributed by atoms with Gasteiger partial charge in [-0.2, -0.15) is 12.8 Å². The Balaban J connectivity index is 0.000000189. The van der Waals surface area contributed by atoms with Crippen LogP contribution in [-0.2, 0) is 27.8 Å². The average Bonchev–Trinajstić information content (AvgIpc) is 3.65. The number of rotatable bonds is 6. The SMILES string of the molecule is CC1(C)C2CCC1(CS(=O)(=O)O)CC2.O=C1Cc2cc(CCN3CCN(c4nsc5ccccc45)CC3)c(Cl)cc2N1. The van der Waals surface area contributed by atoms with E-state index in [9.17, 15) is 13.2 Å². The van der Waals surface area contributed by atoms with Crippen LogP contribution in [0, 0.1) is 16.7 Å². The highest BCUT2D eigenvalue weighted by Crippen LogP contribution is 2.66. The fourth-order valence-electron chi connectivity index (χ4n) is 7.70. The molecule has 11 heteroatoms. The van der Waals surface area contributed by atoms with Gasteiger partial charge in [-0.3, -0.25) is 14.2 Å². The zero-order chi connectivity index (χ0) is 29.7. The lowest BCUT2D eigenvalue weighted by Gasteiger charge is -2.37. The van der Waals surface area contributed by atoms with Crippen LogP contribution in [0.4, 0.5) is 11.5 Å². The van der Waals surface area contributed by atoms with Gasteiger partial charge in [-0.15, -0.1) is 0 Å². The van der Waals surface area contributed by atoms with Crippen molar-refractivity contribution in [3.8, 4) is 0 Å². The van der Waals surface area contributed by atoms with Gasteiger partial charge in [-0.25, -0.2) is 0 Å². The van der Waals surface area contributed by atoms with E-state index in [2.05, 4.69) is 63.7 Å². The van der Waals surface area contributed by atoms with Gasteiger partial charge in [-0.05, 0) is 89.7 Å². The quantitative estimate of drug-likeness (QED) is 0.327. The highest BCUT2D eigenvalue weighted by Gasteiger charge is 2.59. The summed E-state index contributed by atoms with van der Waals surface area (Å²) in [6, 6.07) is 12.4. The Hall–Kier alpha value is -2.24. The molecule has 0 unspecified atom stereocenters. The molecule has 7 rings (SSSR count). The van der Waals surface area contributed by atoms with Crippen LogP contribution < -0.4 is 10.2 Å². The van der Waals surface area contributed by atoms with Gasteiger partial charge in [0.1, 0.15) is 5.82 Å². The maximum atomic E-state index is 11.6. The number of aromatic nitrogens is 1. The van der Waals surface area contributed by atoms with E-state index >= 15 is 0 Å². The van der Waals surface area contributed by atoms with Gasteiger partial charge in [-0.1, -0.05) is 43.6 Å². The molecule has 2 aliphatic heterocycles. The zero-order valence-corrected chi connectivity index (χ0v) is 26.6. The highest BCUT2D eigenvalue weighted by molar-refractivity contribution is 7.85. The van der Waals surface area contributed by atoms with E-state index in [1.54, 1.807) is 11.5 Å². The van der Waals surface area contributed by atoms with Gasteiger partial charge >= 0.3 is 0 Å². The molecule has 3 heterocycles. The summed E-state index contributed by atoms with van der Waals surface area (Å²) in [6.45, 7) is 9.31. The summed E-state index contributed by atoms with van der Waals surface area (Å²) >= 11 is 8.01. The van der Waals surface area contributed by atoms with Crippen LogP contribution in [0.2, 0.25) is 5.02 Å². The second-order valence-corrected chi connectivity index (χ2v) is 15.6. The first-order valence-electron chi connectivity index (χ1n) is 14.8. The van der Waals surface area contributed by atoms with E-state index in [-0.39, 0.29) is 22.5 Å². The lowest BCUT2D eigenvalue weighted by Crippen LogP contribution is -2.47. The summed E-state index contributed by atoms with van der Waals surface area (Å²) in [5.41, 5.74) is 2.99. The third-order valence-electron chi connectivity index (χ3n) is 10.4. The Kier molecular flexibility index (Phi) is 8.06. The topological polar surface area (TPSA) is 103 Å². The van der Waals surface area contributed by atoms with E-state index in [1.807, 2.05) is 6.07 Å². The van der Waals surface area contributed by atoms with E-state index in [4.69, 9.17) is 16.2 Å². The van der Waals surface area contributed by atoms with Crippen molar-refractivity contribution >= 4 is 60.8 Å². The highest BCUT2D eigenvalue weighted by atomic mass is 35.5. The number of hydrogen-bond acceptors (Lipinski definition) is 7. The number of hydrogen-bond donors (Lipinski definition) is 2. The molecule has 0 spiro atoms. The zero-order valence-electron chi connectivity index (χ0n) is 24.2. The minimum Gasteiger partial charge on any atom is -0.353 e. The summed E-state index contributed by atoms with van der Waals surface area (Å²) in [7, 11) is -3.82. The Morgan fingerprint density at radius 1 is 1.12 bits per heavy atom. The second kappa shape index (κ2) is 11.4. The van der Waals surface area contributed by atoms with Crippen molar-refractivity contribution in [1.82, 2.24) is 9.27 Å². The largest absolute Gasteiger partial charge is 0.353 e. The number of nitrogens with zero attached hydrogens (tertiary/aromatic N) is 3. The van der Waals surface area contributed by atoms with Gasteiger partial charge in [0.2, 0.25) is 5.91 Å². The molecule has 1 amide bonds. The minimum absolute atomic E-state index is 0.0382. The van der Waals surface area contributed by atoms with Crippen molar-refractivity contribution < 1.29 is 17.8 Å². The van der Waals surface area contributed by atoms with Crippen molar-refractivity contribution in [3.63, 3.8) is 0 Å². The maximum absolute atomic E-state index is 11.6. The fraction of sp³-hybridized carbons (Fsp3) is 0.548. The molecule has 2 saturated carbocycles. The molecule has 0 radical (unpaired) electrons. The molecule has 1 saturated heterocycles. The Bertz CT molecular complexity index is 1590. The van der Waals surface area contributed by atoms with Crippen LogP contribution in [0.5, 0.6) is 0 Å². The van der Waals surface area contributed by atoms with Crippen LogP contribution in [-0.4, -0.2) is 66.6 Å². The van der Waals surface area contributed by atoms with Gasteiger partial charge < -0.3 is 10.2 Å². The molecule has 42 heavy (non-hydrogen) atoms. The third kappa shape index (κ3) is 5.80. The Morgan fingerprint density at radius 2 is 1.83 bits per heavy atom. The Morgan fingerprint density at radius 3 is 2.50 bits per heavy atom. The molecule has 2 bridgehead atoms. The molecule has 8 nitrogen and oxygen atoms in total. The number of amides is 1. The number of nitrogens with one attached hydrogen (secondary N) is 1. The molecule has 3 aromatic rings. The Labute approximate surface area is 257 Å². The van der Waals surface area contributed by atoms with E-state index < -0.39 is 10.1 Å². The molecule has 2 aromatic carbocycles. The summed E-state index contributed by atoms with van der Waals surface area (Å²) in [5, 5.41) is 4.86. The summed E-state index contributed by atoms with van der Waals surface area (Å²) in [6.07, 6.45) is 5.54. The van der Waals surface area contributed by atoms with Crippen molar-refractivity contribution in [2.24, 2.45) is 16.7 Å². The first-order chi connectivity index (χ1) is 19.9. The van der Waals surface area contributed by atoms with Crippen molar-refractivity contribution in [2.45, 2.75) is 52.4 Å². The van der Waals surface area contributed by atoms with Crippen LogP contribution in [0.25, 0.3) is 10.1 Å². The predicted octanol–water partition coefficient (Wildman–Crippen LogP) is 5.90. The standard InChI is InChI=1S/C21H21ClN4OS.C10H18O3S/c22-17-13-18-15(12-20(27)23-18)11-14(17)5-6-25-7-9-26(10-8-25)21-16-3-1-2-4-19(16)28-24-21;1-9(2)8-3-5-10(9,6-4-8)7-14(11,12)13/h1-4,11,13H,5-10,12H2,(H,23,27);8H,3-7H2,1-2H3,(H,11,12,13). The number of piperazine rings is 1. The summed E-state index contributed by atoms with van der Waals surface area (Å²) < 4.78 is 37.0. The molecule has 1 aromatic heterocycles. The van der Waals surface area contributed by atoms with E-state index in [0.717, 1.165) is 92.5 Å². The van der Waals surface area contributed by atoms with Gasteiger partial charge in [0, 0.05) is 48.8 Å². The molecule has 0 atom stereocenters. The number of benzene rings is 2. The van der Waals surface area contributed by atoms with Crippen LogP contribution in [0.3, 0.4) is 0 Å². The molecule has 2 aliphatic carbocycles. The predicted molar refractivity (Wildman–Crippen MR) is 170 cm³/mol. The van der Waals surface area contributed by atoms with Crippen molar-refractivity contribution in [2.75, 3.05) is 48.7 Å². The lowest BCUT2D eigenvalue weighted by molar-refractivity contribution is -0.115. The number of fused-ring (bicyclic) bond motifs is 4. The average molecular weight is 631 g/mol. The molecular weight excluding hydrogens is 592 g/mol. The van der Waals surface area contributed by atoms with Gasteiger partial charge in [0.25, 0.3) is 10.1 Å². The van der Waals surface area contributed by atoms with Crippen LogP contribution >= 0.6 is 23.1 Å². The number of anilines is 2. The van der Waals surface area contributed by atoms with Crippen molar-refractivity contribution in [1.29, 1.82) is 0 Å². The smallest absolute Gasteiger partial charge is 0.265 e. The van der Waals surface area contributed by atoms with Crippen molar-refractivity contribution in [3.05, 3.63) is 52.5 Å². The molecule has 3 fully saturated rings. The number of halogens is 1. The lowest BCUT2D eigenvalue weighted by atomic mass is 9.71. The molecule has 226 valence electrons. The van der Waals surface area contributed by atoms with Gasteiger partial charge in [0.05, 0.1) is 16.9 Å². The van der Waals surface area contributed by atoms with E-state index in [0.29, 0.717) is 12.3 Å². The first-order valence-corrected chi connectivity index (χ1v) is 17.6. The number of carbonyl (C=O) groups excluding carboxylic acids is 1. The monoisotopic (exact) mass is 630 g/mol. The molecular formula is C31H39ClN4O4S2. The van der Waals surface area contributed by atoms with Gasteiger partial charge in [0.15, 0.2) is 0 Å². The van der Waals surface area contributed by atoms with E-state index in [1.165, 1.54) is 10.1 Å². The first kappa shape index (κ1) is 29.8. The summed E-state index contributed by atoms with van der Waals surface area (Å²) in [4.78, 5) is 16.4. The normalized spacial score (nSPS) is 24.9. The minimum atomic E-state index is -3.82. The fourth-order valence-corrected chi connectivity index (χ4v) is 10.1. The number of carbonyl (C=O) groups is 1. The van der Waals surface area contributed by atoms with Crippen LogP contribution in [0.1, 0.15) is 50.7 Å². The molecule has 2 N–H and O–H groups in total.